The number of morpholine rings is 1. The fourth-order valence-corrected chi connectivity index (χ4v) is 5.47. The molecule has 0 spiro atoms. The fourth-order valence-electron chi connectivity index (χ4n) is 4.20. The third-order valence-corrected chi connectivity index (χ3v) is 7.42. The molecule has 4 aromatic rings. The highest BCUT2D eigenvalue weighted by Gasteiger charge is 2.23. The molecular weight excluding hydrogens is 525 g/mol. The zero-order valence-corrected chi connectivity index (χ0v) is 20.5. The van der Waals surface area contributed by atoms with Gasteiger partial charge in [-0.05, 0) is 50.6 Å². The van der Waals surface area contributed by atoms with E-state index in [1.54, 1.807) is 9.12 Å². The van der Waals surface area contributed by atoms with Gasteiger partial charge in [-0.1, -0.05) is 5.16 Å². The van der Waals surface area contributed by atoms with Gasteiger partial charge in [-0.3, -0.25) is 3.97 Å². The molecule has 0 radical (unpaired) electrons. The first-order valence-electron chi connectivity index (χ1n) is 10.1. The van der Waals surface area contributed by atoms with Gasteiger partial charge in [-0.15, -0.1) is 0 Å². The molecule has 0 saturated carbocycles. The SMILES string of the molecule is Cc1noc(C)c1-c1cc(-c2ccnc3c2ccn3SI)nc(N2CCOCC2C)c1. The van der Waals surface area contributed by atoms with Crippen LogP contribution >= 0.6 is 30.3 Å². The largest absolute Gasteiger partial charge is 0.377 e. The van der Waals surface area contributed by atoms with Crippen molar-refractivity contribution in [2.24, 2.45) is 0 Å². The van der Waals surface area contributed by atoms with Crippen molar-refractivity contribution >= 4 is 47.2 Å². The summed E-state index contributed by atoms with van der Waals surface area (Å²) < 4.78 is 13.2. The molecule has 1 unspecified atom stereocenters. The van der Waals surface area contributed by atoms with E-state index in [-0.39, 0.29) is 6.04 Å². The molecule has 0 aromatic carbocycles. The van der Waals surface area contributed by atoms with Gasteiger partial charge >= 0.3 is 0 Å². The number of anilines is 1. The summed E-state index contributed by atoms with van der Waals surface area (Å²) in [5.74, 6) is 1.75. The Balaban J connectivity index is 1.73. The minimum Gasteiger partial charge on any atom is -0.377 e. The van der Waals surface area contributed by atoms with E-state index < -0.39 is 0 Å². The minimum absolute atomic E-state index is 0.253. The number of fused-ring (bicyclic) bond motifs is 1. The monoisotopic (exact) mass is 547 g/mol. The van der Waals surface area contributed by atoms with Gasteiger partial charge in [0, 0.05) is 65.8 Å². The first kappa shape index (κ1) is 20.8. The average molecular weight is 547 g/mol. The number of rotatable bonds is 4. The summed E-state index contributed by atoms with van der Waals surface area (Å²) in [4.78, 5) is 12.0. The maximum Gasteiger partial charge on any atom is 0.151 e. The molecule has 0 N–H and O–H groups in total. The minimum atomic E-state index is 0.253. The Bertz CT molecular complexity index is 1230. The molecule has 1 saturated heterocycles. The molecule has 160 valence electrons. The van der Waals surface area contributed by atoms with Crippen LogP contribution in [0.25, 0.3) is 33.4 Å². The number of hydrogen-bond acceptors (Lipinski definition) is 7. The smallest absolute Gasteiger partial charge is 0.151 e. The molecule has 7 nitrogen and oxygen atoms in total. The van der Waals surface area contributed by atoms with Crippen molar-refractivity contribution in [1.82, 2.24) is 19.1 Å². The zero-order chi connectivity index (χ0) is 21.5. The molecule has 1 aliphatic heterocycles. The second-order valence-electron chi connectivity index (χ2n) is 7.72. The summed E-state index contributed by atoms with van der Waals surface area (Å²) >= 11 is 2.27. The van der Waals surface area contributed by atoms with Crippen LogP contribution in [0.15, 0.2) is 41.2 Å². The van der Waals surface area contributed by atoms with E-state index in [0.29, 0.717) is 13.2 Å². The van der Waals surface area contributed by atoms with E-state index in [1.165, 1.54) is 0 Å². The van der Waals surface area contributed by atoms with Crippen LogP contribution in [0.1, 0.15) is 18.4 Å². The zero-order valence-electron chi connectivity index (χ0n) is 17.5. The van der Waals surface area contributed by atoms with Crippen LogP contribution in [0.5, 0.6) is 0 Å². The maximum atomic E-state index is 5.65. The third kappa shape index (κ3) is 3.72. The lowest BCUT2D eigenvalue weighted by Crippen LogP contribution is -2.44. The van der Waals surface area contributed by atoms with Crippen LogP contribution < -0.4 is 4.90 Å². The van der Waals surface area contributed by atoms with Crippen molar-refractivity contribution in [3.63, 3.8) is 0 Å². The molecule has 0 aliphatic carbocycles. The van der Waals surface area contributed by atoms with E-state index in [4.69, 9.17) is 14.2 Å². The number of halogens is 1. The van der Waals surface area contributed by atoms with Crippen LogP contribution in [0.3, 0.4) is 0 Å². The third-order valence-electron chi connectivity index (χ3n) is 5.70. The summed E-state index contributed by atoms with van der Waals surface area (Å²) in [6.07, 6.45) is 3.89. The lowest BCUT2D eigenvalue weighted by atomic mass is 10.0. The quantitative estimate of drug-likeness (QED) is 0.315. The number of ether oxygens (including phenoxy) is 1. The second kappa shape index (κ2) is 8.44. The Morgan fingerprint density at radius 1 is 1.23 bits per heavy atom. The van der Waals surface area contributed by atoms with Gasteiger partial charge in [0.05, 0.1) is 30.6 Å². The molecule has 0 bridgehead atoms. The van der Waals surface area contributed by atoms with Crippen LogP contribution in [0, 0.1) is 13.8 Å². The first-order chi connectivity index (χ1) is 15.1. The van der Waals surface area contributed by atoms with Crippen LogP contribution in [0.4, 0.5) is 5.82 Å². The summed E-state index contributed by atoms with van der Waals surface area (Å²) in [5.41, 5.74) is 5.87. The van der Waals surface area contributed by atoms with Crippen LogP contribution in [-0.2, 0) is 4.74 Å². The maximum absolute atomic E-state index is 5.65. The summed E-state index contributed by atoms with van der Waals surface area (Å²) in [6.45, 7) is 8.31. The Kier molecular flexibility index (Phi) is 5.65. The molecule has 5 rings (SSSR count). The van der Waals surface area contributed by atoms with E-state index in [2.05, 4.69) is 65.3 Å². The van der Waals surface area contributed by atoms with Crippen molar-refractivity contribution in [2.75, 3.05) is 24.7 Å². The van der Waals surface area contributed by atoms with E-state index in [1.807, 2.05) is 32.3 Å². The molecule has 5 heterocycles. The number of aryl methyl sites for hydroxylation is 2. The van der Waals surface area contributed by atoms with Gasteiger partial charge < -0.3 is 14.2 Å². The lowest BCUT2D eigenvalue weighted by molar-refractivity contribution is 0.0985. The average Bonchev–Trinajstić information content (AvgIpc) is 3.36. The summed E-state index contributed by atoms with van der Waals surface area (Å²) in [7, 11) is 1.60. The van der Waals surface area contributed by atoms with E-state index >= 15 is 0 Å². The van der Waals surface area contributed by atoms with Crippen molar-refractivity contribution in [3.05, 3.63) is 48.1 Å². The van der Waals surface area contributed by atoms with Crippen molar-refractivity contribution in [3.8, 4) is 22.4 Å². The van der Waals surface area contributed by atoms with E-state index in [9.17, 15) is 0 Å². The highest BCUT2D eigenvalue weighted by atomic mass is 127. The molecule has 9 heteroatoms. The highest BCUT2D eigenvalue weighted by Crippen LogP contribution is 2.36. The van der Waals surface area contributed by atoms with Crippen LogP contribution in [0.2, 0.25) is 0 Å². The molecule has 4 aromatic heterocycles. The van der Waals surface area contributed by atoms with Gasteiger partial charge in [0.1, 0.15) is 11.6 Å². The summed E-state index contributed by atoms with van der Waals surface area (Å²) in [5, 5.41) is 5.25. The topological polar surface area (TPSA) is 69.2 Å². The molecule has 1 aliphatic rings. The van der Waals surface area contributed by atoms with Gasteiger partial charge in [-0.25, -0.2) is 9.97 Å². The molecular formula is C22H22IN5O2S. The highest BCUT2D eigenvalue weighted by molar-refractivity contribution is 14.2. The summed E-state index contributed by atoms with van der Waals surface area (Å²) in [6, 6.07) is 8.66. The van der Waals surface area contributed by atoms with Crippen molar-refractivity contribution < 1.29 is 9.26 Å². The fraction of sp³-hybridized carbons (Fsp3) is 0.318. The standard InChI is InChI=1S/C22H22IN5O2S/c1-13-12-29-9-8-27(13)20-11-16(21-14(2)26-30-15(21)3)10-19(25-20)17-4-6-24-22-18(17)5-7-28(22)31-23/h4-7,10-11,13H,8-9,12H2,1-3H3. The molecule has 31 heavy (non-hydrogen) atoms. The molecule has 0 amide bonds. The normalized spacial score (nSPS) is 16.9. The number of pyridine rings is 2. The van der Waals surface area contributed by atoms with Gasteiger partial charge in [0.25, 0.3) is 0 Å². The van der Waals surface area contributed by atoms with E-state index in [0.717, 1.165) is 57.2 Å². The van der Waals surface area contributed by atoms with Crippen molar-refractivity contribution in [1.29, 1.82) is 0 Å². The van der Waals surface area contributed by atoms with Crippen molar-refractivity contribution in [2.45, 2.75) is 26.8 Å². The second-order valence-corrected chi connectivity index (χ2v) is 9.44. The number of nitrogens with zero attached hydrogens (tertiary/aromatic N) is 5. The number of hydrogen-bond donors (Lipinski definition) is 0. The Hall–Kier alpha value is -2.11. The molecule has 1 atom stereocenters. The van der Waals surface area contributed by atoms with Gasteiger partial charge in [0.2, 0.25) is 0 Å². The Morgan fingerprint density at radius 2 is 2.10 bits per heavy atom. The van der Waals surface area contributed by atoms with Gasteiger partial charge in [-0.2, -0.15) is 0 Å². The first-order valence-corrected chi connectivity index (χ1v) is 13.4. The molecule has 1 fully saturated rings. The van der Waals surface area contributed by atoms with Crippen LogP contribution in [-0.4, -0.2) is 44.9 Å². The predicted molar refractivity (Wildman–Crippen MR) is 133 cm³/mol. The lowest BCUT2D eigenvalue weighted by Gasteiger charge is -2.34. The Morgan fingerprint density at radius 3 is 2.84 bits per heavy atom. The van der Waals surface area contributed by atoms with Gasteiger partial charge in [0.15, 0.2) is 5.65 Å². The Labute approximate surface area is 196 Å². The number of aromatic nitrogens is 4. The predicted octanol–water partition coefficient (Wildman–Crippen LogP) is 5.44.